The van der Waals surface area contributed by atoms with Crippen molar-refractivity contribution >= 4 is 17.1 Å². The van der Waals surface area contributed by atoms with Crippen molar-refractivity contribution in [3.05, 3.63) is 53.6 Å². The number of hydrogen-bond acceptors (Lipinski definition) is 2. The Morgan fingerprint density at radius 2 is 1.63 bits per heavy atom. The Kier molecular flexibility index (Phi) is 3.52. The van der Waals surface area contributed by atoms with E-state index in [1.807, 2.05) is 24.3 Å². The summed E-state index contributed by atoms with van der Waals surface area (Å²) < 4.78 is 0. The molecule has 100 valence electrons. The first-order valence-corrected chi connectivity index (χ1v) is 6.60. The first-order valence-electron chi connectivity index (χ1n) is 6.60. The zero-order valence-corrected chi connectivity index (χ0v) is 12.1. The Morgan fingerprint density at radius 1 is 0.947 bits per heavy atom. The van der Waals surface area contributed by atoms with Gasteiger partial charge in [-0.3, -0.25) is 0 Å². The molecule has 0 saturated heterocycles. The summed E-state index contributed by atoms with van der Waals surface area (Å²) in [7, 11) is 0. The third-order valence-corrected chi connectivity index (χ3v) is 3.32. The number of nitrogens with one attached hydrogen (secondary N) is 1. The van der Waals surface area contributed by atoms with E-state index in [0.29, 0.717) is 0 Å². The lowest BCUT2D eigenvalue weighted by atomic mass is 9.86. The molecule has 0 fully saturated rings. The van der Waals surface area contributed by atoms with E-state index < -0.39 is 0 Å². The molecule has 2 aromatic rings. The molecule has 2 aromatic carbocycles. The molecule has 0 unspecified atom stereocenters. The summed E-state index contributed by atoms with van der Waals surface area (Å²) in [4.78, 5) is 0. The van der Waals surface area contributed by atoms with E-state index in [4.69, 9.17) is 5.73 Å². The molecule has 0 bridgehead atoms. The monoisotopic (exact) mass is 254 g/mol. The van der Waals surface area contributed by atoms with Gasteiger partial charge in [-0.2, -0.15) is 0 Å². The number of para-hydroxylation sites is 2. The van der Waals surface area contributed by atoms with Crippen molar-refractivity contribution in [1.29, 1.82) is 0 Å². The Hall–Kier alpha value is -1.96. The van der Waals surface area contributed by atoms with Crippen molar-refractivity contribution in [2.24, 2.45) is 0 Å². The van der Waals surface area contributed by atoms with Crippen LogP contribution in [0, 0.1) is 6.92 Å². The van der Waals surface area contributed by atoms with Crippen LogP contribution in [-0.2, 0) is 5.41 Å². The Balaban J connectivity index is 2.30. The van der Waals surface area contributed by atoms with Crippen molar-refractivity contribution in [2.75, 3.05) is 11.1 Å². The van der Waals surface area contributed by atoms with Crippen LogP contribution in [0.2, 0.25) is 0 Å². The van der Waals surface area contributed by atoms with E-state index in [2.05, 4.69) is 51.2 Å². The fourth-order valence-corrected chi connectivity index (χ4v) is 2.03. The van der Waals surface area contributed by atoms with E-state index in [1.165, 1.54) is 11.1 Å². The van der Waals surface area contributed by atoms with Crippen LogP contribution in [0.3, 0.4) is 0 Å². The molecule has 0 amide bonds. The predicted molar refractivity (Wildman–Crippen MR) is 84.0 cm³/mol. The van der Waals surface area contributed by atoms with Gasteiger partial charge in [0.25, 0.3) is 0 Å². The fourth-order valence-electron chi connectivity index (χ4n) is 2.03. The maximum atomic E-state index is 5.96. The average molecular weight is 254 g/mol. The highest BCUT2D eigenvalue weighted by atomic mass is 14.9. The van der Waals surface area contributed by atoms with Crippen molar-refractivity contribution in [3.63, 3.8) is 0 Å². The second kappa shape index (κ2) is 4.96. The van der Waals surface area contributed by atoms with Gasteiger partial charge in [0, 0.05) is 5.69 Å². The van der Waals surface area contributed by atoms with Crippen molar-refractivity contribution < 1.29 is 0 Å². The minimum Gasteiger partial charge on any atom is -0.397 e. The number of nitrogen functional groups attached to an aromatic ring is 1. The highest BCUT2D eigenvalue weighted by Crippen LogP contribution is 2.29. The highest BCUT2D eigenvalue weighted by molar-refractivity contribution is 5.73. The summed E-state index contributed by atoms with van der Waals surface area (Å²) in [5, 5.41) is 3.39. The molecule has 0 spiro atoms. The first kappa shape index (κ1) is 13.5. The van der Waals surface area contributed by atoms with Crippen molar-refractivity contribution in [2.45, 2.75) is 33.1 Å². The largest absolute Gasteiger partial charge is 0.397 e. The molecule has 0 aliphatic heterocycles. The quantitative estimate of drug-likeness (QED) is 0.767. The Bertz CT molecular complexity index is 580. The van der Waals surface area contributed by atoms with Gasteiger partial charge in [0.2, 0.25) is 0 Å². The fraction of sp³-hybridized carbons (Fsp3) is 0.294. The molecule has 0 aliphatic rings. The molecule has 0 heterocycles. The molecular weight excluding hydrogens is 232 g/mol. The van der Waals surface area contributed by atoms with Crippen LogP contribution < -0.4 is 11.1 Å². The van der Waals surface area contributed by atoms with E-state index in [0.717, 1.165) is 17.1 Å². The van der Waals surface area contributed by atoms with Crippen LogP contribution in [0.25, 0.3) is 0 Å². The summed E-state index contributed by atoms with van der Waals surface area (Å²) in [5.74, 6) is 0. The molecule has 3 N–H and O–H groups in total. The van der Waals surface area contributed by atoms with Gasteiger partial charge >= 0.3 is 0 Å². The van der Waals surface area contributed by atoms with Crippen molar-refractivity contribution in [3.8, 4) is 0 Å². The summed E-state index contributed by atoms with van der Waals surface area (Å²) in [6.45, 7) is 8.80. The molecule has 2 nitrogen and oxygen atoms in total. The van der Waals surface area contributed by atoms with E-state index in [-0.39, 0.29) is 5.41 Å². The molecule has 19 heavy (non-hydrogen) atoms. The number of hydrogen-bond donors (Lipinski definition) is 2. The third kappa shape index (κ3) is 3.08. The number of nitrogens with two attached hydrogens (primary N) is 1. The standard InChI is InChI=1S/C17H22N2/c1-12-11-13(17(2,3)4)9-10-15(12)19-16-8-6-5-7-14(16)18/h5-11,19H,18H2,1-4H3. The molecule has 0 atom stereocenters. The number of anilines is 3. The van der Waals surface area contributed by atoms with Gasteiger partial charge in [0.05, 0.1) is 11.4 Å². The lowest BCUT2D eigenvalue weighted by Crippen LogP contribution is -2.11. The predicted octanol–water partition coefficient (Wildman–Crippen LogP) is 4.62. The number of rotatable bonds is 2. The summed E-state index contributed by atoms with van der Waals surface area (Å²) in [6.07, 6.45) is 0. The van der Waals surface area contributed by atoms with Crippen LogP contribution in [0.1, 0.15) is 31.9 Å². The lowest BCUT2D eigenvalue weighted by molar-refractivity contribution is 0.590. The molecule has 0 aromatic heterocycles. The molecule has 0 aliphatic carbocycles. The van der Waals surface area contributed by atoms with E-state index >= 15 is 0 Å². The minimum atomic E-state index is 0.176. The van der Waals surface area contributed by atoms with Gasteiger partial charge in [-0.05, 0) is 41.7 Å². The van der Waals surface area contributed by atoms with Gasteiger partial charge in [-0.15, -0.1) is 0 Å². The summed E-state index contributed by atoms with van der Waals surface area (Å²) in [5.41, 5.74) is 11.5. The first-order chi connectivity index (χ1) is 8.88. The second-order valence-electron chi connectivity index (χ2n) is 5.99. The highest BCUT2D eigenvalue weighted by Gasteiger charge is 2.14. The van der Waals surface area contributed by atoms with Crippen LogP contribution in [0.15, 0.2) is 42.5 Å². The summed E-state index contributed by atoms with van der Waals surface area (Å²) >= 11 is 0. The van der Waals surface area contributed by atoms with Crippen LogP contribution in [0.5, 0.6) is 0 Å². The molecular formula is C17H22N2. The van der Waals surface area contributed by atoms with Gasteiger partial charge in [-0.1, -0.05) is 45.0 Å². The number of aryl methyl sites for hydroxylation is 1. The molecule has 2 heteroatoms. The van der Waals surface area contributed by atoms with Crippen LogP contribution >= 0.6 is 0 Å². The van der Waals surface area contributed by atoms with Crippen LogP contribution in [-0.4, -0.2) is 0 Å². The maximum Gasteiger partial charge on any atom is 0.0617 e. The van der Waals surface area contributed by atoms with Gasteiger partial charge in [0.1, 0.15) is 0 Å². The normalized spacial score (nSPS) is 11.4. The Labute approximate surface area is 115 Å². The smallest absolute Gasteiger partial charge is 0.0617 e. The minimum absolute atomic E-state index is 0.176. The van der Waals surface area contributed by atoms with Gasteiger partial charge in [0.15, 0.2) is 0 Å². The zero-order valence-electron chi connectivity index (χ0n) is 12.1. The summed E-state index contributed by atoms with van der Waals surface area (Å²) in [6, 6.07) is 14.4. The van der Waals surface area contributed by atoms with E-state index in [1.54, 1.807) is 0 Å². The average Bonchev–Trinajstić information content (AvgIpc) is 2.33. The topological polar surface area (TPSA) is 38.0 Å². The Morgan fingerprint density at radius 3 is 2.21 bits per heavy atom. The van der Waals surface area contributed by atoms with Gasteiger partial charge in [-0.25, -0.2) is 0 Å². The third-order valence-electron chi connectivity index (χ3n) is 3.32. The second-order valence-corrected chi connectivity index (χ2v) is 5.99. The lowest BCUT2D eigenvalue weighted by Gasteiger charge is -2.21. The van der Waals surface area contributed by atoms with Crippen LogP contribution in [0.4, 0.5) is 17.1 Å². The van der Waals surface area contributed by atoms with Crippen molar-refractivity contribution in [1.82, 2.24) is 0 Å². The molecule has 0 radical (unpaired) electrons. The maximum absolute atomic E-state index is 5.96. The van der Waals surface area contributed by atoms with Gasteiger partial charge < -0.3 is 11.1 Å². The molecule has 0 saturated carbocycles. The van der Waals surface area contributed by atoms with E-state index in [9.17, 15) is 0 Å². The zero-order chi connectivity index (χ0) is 14.0. The number of benzene rings is 2. The molecule has 2 rings (SSSR count). The SMILES string of the molecule is Cc1cc(C(C)(C)C)ccc1Nc1ccccc1N.